The highest BCUT2D eigenvalue weighted by Gasteiger charge is 2.30. The minimum absolute atomic E-state index is 0.0421. The summed E-state index contributed by atoms with van der Waals surface area (Å²) in [6.07, 6.45) is 1.74. The van der Waals surface area contributed by atoms with Crippen molar-refractivity contribution in [3.8, 4) is 17.6 Å². The molecule has 0 aliphatic carbocycles. The summed E-state index contributed by atoms with van der Waals surface area (Å²) < 4.78 is 11.1. The number of hydrogen-bond donors (Lipinski definition) is 0. The highest BCUT2D eigenvalue weighted by molar-refractivity contribution is 6.14. The molecule has 4 heteroatoms. The Kier molecular flexibility index (Phi) is 3.86. The number of nitrogens with zero attached hydrogens (tertiary/aromatic N) is 1. The highest BCUT2D eigenvalue weighted by atomic mass is 16.5. The topological polar surface area (TPSA) is 59.3 Å². The van der Waals surface area contributed by atoms with E-state index in [-0.39, 0.29) is 12.4 Å². The van der Waals surface area contributed by atoms with Crippen LogP contribution < -0.4 is 9.47 Å². The van der Waals surface area contributed by atoms with Crippen LogP contribution in [0.3, 0.4) is 0 Å². The second kappa shape index (κ2) is 5.98. The lowest BCUT2D eigenvalue weighted by atomic mass is 10.1. The zero-order valence-electron chi connectivity index (χ0n) is 12.9. The third kappa shape index (κ3) is 2.82. The normalized spacial score (nSPS) is 14.3. The van der Waals surface area contributed by atoms with Crippen molar-refractivity contribution in [1.29, 1.82) is 5.26 Å². The minimum atomic E-state index is -0.142. The molecule has 0 bridgehead atoms. The number of hydrogen-bond acceptors (Lipinski definition) is 4. The van der Waals surface area contributed by atoms with Gasteiger partial charge in [0.1, 0.15) is 17.6 Å². The van der Waals surface area contributed by atoms with Crippen molar-refractivity contribution in [1.82, 2.24) is 0 Å². The van der Waals surface area contributed by atoms with Gasteiger partial charge in [-0.2, -0.15) is 5.26 Å². The van der Waals surface area contributed by atoms with Crippen molar-refractivity contribution in [2.24, 2.45) is 0 Å². The van der Waals surface area contributed by atoms with Crippen LogP contribution in [-0.2, 0) is 0 Å². The monoisotopic (exact) mass is 305 g/mol. The van der Waals surface area contributed by atoms with Crippen LogP contribution in [0.2, 0.25) is 0 Å². The maximum atomic E-state index is 12.5. The van der Waals surface area contributed by atoms with Gasteiger partial charge in [0.15, 0.2) is 12.4 Å². The fourth-order valence-corrected chi connectivity index (χ4v) is 2.55. The molecule has 23 heavy (non-hydrogen) atoms. The smallest absolute Gasteiger partial charge is 0.231 e. The van der Waals surface area contributed by atoms with Crippen molar-refractivity contribution in [3.05, 3.63) is 64.4 Å². The number of ketones is 1. The second-order valence-corrected chi connectivity index (χ2v) is 5.37. The first-order chi connectivity index (χ1) is 11.1. The zero-order valence-corrected chi connectivity index (χ0v) is 12.9. The number of carbonyl (C=O) groups excluding carboxylic acids is 1. The summed E-state index contributed by atoms with van der Waals surface area (Å²) in [7, 11) is 0. The van der Waals surface area contributed by atoms with Crippen molar-refractivity contribution in [3.63, 3.8) is 0 Å². The quantitative estimate of drug-likeness (QED) is 0.809. The predicted molar refractivity (Wildman–Crippen MR) is 86.4 cm³/mol. The molecule has 114 valence electrons. The van der Waals surface area contributed by atoms with E-state index >= 15 is 0 Å². The summed E-state index contributed by atoms with van der Waals surface area (Å²) in [5.74, 6) is 1.21. The molecule has 1 heterocycles. The highest BCUT2D eigenvalue weighted by Crippen LogP contribution is 2.39. The molecule has 3 rings (SSSR count). The maximum absolute atomic E-state index is 12.5. The summed E-state index contributed by atoms with van der Waals surface area (Å²) in [4.78, 5) is 12.5. The Morgan fingerprint density at radius 1 is 1.26 bits per heavy atom. The molecule has 0 radical (unpaired) electrons. The Labute approximate surface area is 134 Å². The van der Waals surface area contributed by atoms with Crippen LogP contribution >= 0.6 is 0 Å². The Bertz CT molecular complexity index is 859. The maximum Gasteiger partial charge on any atom is 0.231 e. The molecule has 0 aromatic heterocycles. The molecule has 2 aromatic rings. The number of rotatable bonds is 3. The number of benzene rings is 2. The number of allylic oxidation sites excluding steroid dienone is 1. The molecule has 1 aliphatic heterocycles. The van der Waals surface area contributed by atoms with E-state index in [2.05, 4.69) is 0 Å². The number of aryl methyl sites for hydroxylation is 1. The minimum Gasteiger partial charge on any atom is -0.478 e. The van der Waals surface area contributed by atoms with Gasteiger partial charge in [-0.15, -0.1) is 0 Å². The molecule has 4 nitrogen and oxygen atoms in total. The van der Waals surface area contributed by atoms with Gasteiger partial charge < -0.3 is 9.47 Å². The molecule has 0 saturated carbocycles. The average molecular weight is 305 g/mol. The van der Waals surface area contributed by atoms with Gasteiger partial charge in [-0.3, -0.25) is 4.79 Å². The lowest BCUT2D eigenvalue weighted by molar-refractivity contribution is 0.101. The van der Waals surface area contributed by atoms with Crippen LogP contribution in [-0.4, -0.2) is 12.4 Å². The number of carbonyl (C=O) groups is 1. The summed E-state index contributed by atoms with van der Waals surface area (Å²) in [5, 5.41) is 8.61. The molecular weight excluding hydrogens is 290 g/mol. The van der Waals surface area contributed by atoms with Gasteiger partial charge in [-0.05, 0) is 37.6 Å². The Hall–Kier alpha value is -3.06. The molecule has 2 aromatic carbocycles. The van der Waals surface area contributed by atoms with Crippen molar-refractivity contribution < 1.29 is 14.3 Å². The lowest BCUT2D eigenvalue weighted by Gasteiger charge is -2.08. The van der Waals surface area contributed by atoms with E-state index in [1.54, 1.807) is 18.2 Å². The number of fused-ring (bicyclic) bond motifs is 1. The summed E-state index contributed by atoms with van der Waals surface area (Å²) in [6.45, 7) is 3.77. The van der Waals surface area contributed by atoms with Gasteiger partial charge in [-0.1, -0.05) is 29.8 Å². The van der Waals surface area contributed by atoms with Crippen molar-refractivity contribution in [2.45, 2.75) is 13.8 Å². The van der Waals surface area contributed by atoms with E-state index in [4.69, 9.17) is 14.7 Å². The molecular formula is C19H15NO3. The fraction of sp³-hybridized carbons (Fsp3) is 0.158. The van der Waals surface area contributed by atoms with E-state index in [1.807, 2.05) is 44.2 Å². The molecule has 0 unspecified atom stereocenters. The number of ether oxygens (including phenoxy) is 2. The third-order valence-corrected chi connectivity index (χ3v) is 3.67. The van der Waals surface area contributed by atoms with Crippen LogP contribution in [0.1, 0.15) is 27.0 Å². The van der Waals surface area contributed by atoms with E-state index < -0.39 is 0 Å². The number of Topliss-reactive ketones (excluding diaryl/α,β-unsaturated/α-hetero) is 1. The predicted octanol–water partition coefficient (Wildman–Crippen LogP) is 3.82. The van der Waals surface area contributed by atoms with Crippen LogP contribution in [0.25, 0.3) is 6.08 Å². The van der Waals surface area contributed by atoms with E-state index in [0.717, 1.165) is 16.7 Å². The first kappa shape index (κ1) is 14.9. The summed E-state index contributed by atoms with van der Waals surface area (Å²) >= 11 is 0. The molecule has 0 fully saturated rings. The average Bonchev–Trinajstić information content (AvgIpc) is 2.84. The van der Waals surface area contributed by atoms with Crippen molar-refractivity contribution in [2.75, 3.05) is 6.61 Å². The van der Waals surface area contributed by atoms with Crippen LogP contribution in [0, 0.1) is 25.2 Å². The van der Waals surface area contributed by atoms with Crippen LogP contribution in [0.15, 0.2) is 42.2 Å². The van der Waals surface area contributed by atoms with E-state index in [9.17, 15) is 4.79 Å². The van der Waals surface area contributed by atoms with Gasteiger partial charge >= 0.3 is 0 Å². The SMILES string of the molecule is Cc1cccc(/C=C2\Oc3c(ccc(OCC#N)c3C)C2=O)c1. The Morgan fingerprint density at radius 3 is 2.83 bits per heavy atom. The molecule has 0 N–H and O–H groups in total. The molecule has 0 saturated heterocycles. The number of nitriles is 1. The second-order valence-electron chi connectivity index (χ2n) is 5.37. The zero-order chi connectivity index (χ0) is 16.4. The van der Waals surface area contributed by atoms with E-state index in [1.165, 1.54) is 0 Å². The third-order valence-electron chi connectivity index (χ3n) is 3.67. The summed E-state index contributed by atoms with van der Waals surface area (Å²) in [5.41, 5.74) is 3.27. The molecule has 0 amide bonds. The van der Waals surface area contributed by atoms with Gasteiger partial charge in [0, 0.05) is 5.56 Å². The van der Waals surface area contributed by atoms with Gasteiger partial charge in [0.2, 0.25) is 5.78 Å². The van der Waals surface area contributed by atoms with Crippen LogP contribution in [0.5, 0.6) is 11.5 Å². The standard InChI is InChI=1S/C19H15NO3/c1-12-4-3-5-14(10-12)11-17-18(21)15-6-7-16(22-9-8-20)13(2)19(15)23-17/h3-7,10-11H,9H2,1-2H3/b17-11-. The first-order valence-corrected chi connectivity index (χ1v) is 7.24. The first-order valence-electron chi connectivity index (χ1n) is 7.24. The van der Waals surface area contributed by atoms with Gasteiger partial charge in [0.05, 0.1) is 5.56 Å². The summed E-state index contributed by atoms with van der Waals surface area (Å²) in [6, 6.07) is 13.1. The Morgan fingerprint density at radius 2 is 2.09 bits per heavy atom. The Balaban J connectivity index is 1.96. The van der Waals surface area contributed by atoms with Crippen molar-refractivity contribution >= 4 is 11.9 Å². The van der Waals surface area contributed by atoms with E-state index in [0.29, 0.717) is 22.8 Å². The lowest BCUT2D eigenvalue weighted by Crippen LogP contribution is -1.98. The van der Waals surface area contributed by atoms with Gasteiger partial charge in [0.25, 0.3) is 0 Å². The van der Waals surface area contributed by atoms with Gasteiger partial charge in [-0.25, -0.2) is 0 Å². The largest absolute Gasteiger partial charge is 0.478 e. The fourth-order valence-electron chi connectivity index (χ4n) is 2.55. The molecule has 1 aliphatic rings. The molecule has 0 atom stereocenters. The molecule has 0 spiro atoms. The van der Waals surface area contributed by atoms with Crippen LogP contribution in [0.4, 0.5) is 0 Å².